The minimum atomic E-state index is 0.0467. The second kappa shape index (κ2) is 9.36. The maximum Gasteiger partial charge on any atom is 0.00214 e. The zero-order valence-electron chi connectivity index (χ0n) is 23.2. The van der Waals surface area contributed by atoms with Crippen molar-refractivity contribution in [2.24, 2.45) is 11.8 Å². The van der Waals surface area contributed by atoms with E-state index in [1.54, 1.807) is 0 Å². The van der Waals surface area contributed by atoms with Gasteiger partial charge in [0.1, 0.15) is 0 Å². The van der Waals surface area contributed by atoms with Crippen molar-refractivity contribution in [2.45, 2.75) is 118 Å². The molecule has 0 nitrogen and oxygen atoms in total. The van der Waals surface area contributed by atoms with E-state index in [0.29, 0.717) is 11.8 Å². The van der Waals surface area contributed by atoms with Crippen molar-refractivity contribution < 1.29 is 0 Å². The van der Waals surface area contributed by atoms with Crippen LogP contribution >= 0.6 is 0 Å². The molecule has 178 valence electrons. The largest absolute Gasteiger partial charge is 0.0627 e. The predicted molar refractivity (Wildman–Crippen MR) is 144 cm³/mol. The lowest BCUT2D eigenvalue weighted by Crippen LogP contribution is -2.47. The average Bonchev–Trinajstić information content (AvgIpc) is 2.65. The molecule has 2 atom stereocenters. The van der Waals surface area contributed by atoms with Gasteiger partial charge in [-0.15, -0.1) is 0 Å². The Bertz CT molecular complexity index is 777. The standard InChI is InChI=1S/C32H50/c1-23(2)21-31(11,27-17-13-25(14-18-27)29(5,6)7)32(12,22-24(3)4)28-19-15-26(16-20-28)30(8,9)10/h13-20,23-24H,21-22H2,1-12H3. The minimum absolute atomic E-state index is 0.0467. The van der Waals surface area contributed by atoms with Crippen molar-refractivity contribution in [3.05, 3.63) is 70.8 Å². The third kappa shape index (κ3) is 5.67. The van der Waals surface area contributed by atoms with Crippen molar-refractivity contribution in [3.8, 4) is 0 Å². The molecule has 2 rings (SSSR count). The summed E-state index contributed by atoms with van der Waals surface area (Å²) >= 11 is 0. The van der Waals surface area contributed by atoms with Gasteiger partial charge in [-0.25, -0.2) is 0 Å². The lowest BCUT2D eigenvalue weighted by atomic mass is 9.53. The van der Waals surface area contributed by atoms with E-state index in [2.05, 4.69) is 132 Å². The van der Waals surface area contributed by atoms with Gasteiger partial charge < -0.3 is 0 Å². The quantitative estimate of drug-likeness (QED) is 0.407. The van der Waals surface area contributed by atoms with Gasteiger partial charge in [0.25, 0.3) is 0 Å². The molecule has 0 N–H and O–H groups in total. The van der Waals surface area contributed by atoms with Crippen molar-refractivity contribution in [1.29, 1.82) is 0 Å². The third-order valence-electron chi connectivity index (χ3n) is 7.63. The fraction of sp³-hybridized carbons (Fsp3) is 0.625. The Morgan fingerprint density at radius 3 is 0.844 bits per heavy atom. The van der Waals surface area contributed by atoms with E-state index < -0.39 is 0 Å². The van der Waals surface area contributed by atoms with Crippen molar-refractivity contribution in [2.75, 3.05) is 0 Å². The SMILES string of the molecule is CC(C)CC(C)(c1ccc(C(C)(C)C)cc1)C(C)(CC(C)C)c1ccc(C(C)(C)C)cc1. The van der Waals surface area contributed by atoms with Crippen LogP contribution in [0.1, 0.15) is 118 Å². The van der Waals surface area contributed by atoms with Crippen molar-refractivity contribution in [1.82, 2.24) is 0 Å². The fourth-order valence-electron chi connectivity index (χ4n) is 5.63. The van der Waals surface area contributed by atoms with Gasteiger partial charge >= 0.3 is 0 Å². The number of hydrogen-bond acceptors (Lipinski definition) is 0. The van der Waals surface area contributed by atoms with Crippen LogP contribution < -0.4 is 0 Å². The number of benzene rings is 2. The number of rotatable bonds is 7. The van der Waals surface area contributed by atoms with Gasteiger partial charge in [0, 0.05) is 10.8 Å². The molecule has 0 fully saturated rings. The zero-order valence-corrected chi connectivity index (χ0v) is 23.2. The third-order valence-corrected chi connectivity index (χ3v) is 7.63. The summed E-state index contributed by atoms with van der Waals surface area (Å²) in [5, 5.41) is 0. The summed E-state index contributed by atoms with van der Waals surface area (Å²) in [6, 6.07) is 19.2. The smallest absolute Gasteiger partial charge is 0.00214 e. The van der Waals surface area contributed by atoms with Crippen LogP contribution in [0.2, 0.25) is 0 Å². The molecule has 0 aliphatic carbocycles. The first-order chi connectivity index (χ1) is 14.5. The molecule has 2 unspecified atom stereocenters. The van der Waals surface area contributed by atoms with E-state index in [1.807, 2.05) is 0 Å². The summed E-state index contributed by atoms with van der Waals surface area (Å²) in [6.07, 6.45) is 2.35. The highest BCUT2D eigenvalue weighted by molar-refractivity contribution is 5.41. The van der Waals surface area contributed by atoms with Crippen LogP contribution in [0.4, 0.5) is 0 Å². The first kappa shape index (κ1) is 26.7. The molecule has 0 heterocycles. The minimum Gasteiger partial charge on any atom is -0.0627 e. The molecule has 0 aromatic heterocycles. The van der Waals surface area contributed by atoms with Gasteiger partial charge in [-0.2, -0.15) is 0 Å². The molecule has 0 saturated carbocycles. The molecular formula is C32H50. The molecule has 0 bridgehead atoms. The van der Waals surface area contributed by atoms with E-state index in [1.165, 1.54) is 35.1 Å². The first-order valence-electron chi connectivity index (χ1n) is 12.7. The number of hydrogen-bond donors (Lipinski definition) is 0. The summed E-state index contributed by atoms with van der Waals surface area (Å²) in [5.41, 5.74) is 6.22. The molecule has 2 aromatic carbocycles. The molecular weight excluding hydrogens is 384 g/mol. The van der Waals surface area contributed by atoms with Crippen LogP contribution in [0, 0.1) is 11.8 Å². The van der Waals surface area contributed by atoms with E-state index in [0.717, 1.165) is 0 Å². The summed E-state index contributed by atoms with van der Waals surface area (Å²) in [6.45, 7) is 28.4. The van der Waals surface area contributed by atoms with Crippen LogP contribution in [0.5, 0.6) is 0 Å². The second-order valence-electron chi connectivity index (χ2n) is 13.5. The molecule has 2 aromatic rings. The molecule has 0 spiro atoms. The van der Waals surface area contributed by atoms with Gasteiger partial charge in [-0.3, -0.25) is 0 Å². The van der Waals surface area contributed by atoms with Crippen molar-refractivity contribution >= 4 is 0 Å². The Balaban J connectivity index is 2.69. The summed E-state index contributed by atoms with van der Waals surface area (Å²) in [5.74, 6) is 1.25. The van der Waals surface area contributed by atoms with Gasteiger partial charge in [0.15, 0.2) is 0 Å². The lowest BCUT2D eigenvalue weighted by Gasteiger charge is -2.50. The van der Waals surface area contributed by atoms with E-state index in [4.69, 9.17) is 0 Å². The average molecular weight is 435 g/mol. The van der Waals surface area contributed by atoms with E-state index >= 15 is 0 Å². The van der Waals surface area contributed by atoms with Crippen LogP contribution in [0.25, 0.3) is 0 Å². The highest BCUT2D eigenvalue weighted by atomic mass is 14.5. The predicted octanol–water partition coefficient (Wildman–Crippen LogP) is 9.59. The maximum atomic E-state index is 2.53. The van der Waals surface area contributed by atoms with Gasteiger partial charge in [0.05, 0.1) is 0 Å². The molecule has 32 heavy (non-hydrogen) atoms. The van der Waals surface area contributed by atoms with Crippen LogP contribution in [-0.2, 0) is 21.7 Å². The molecule has 0 amide bonds. The lowest BCUT2D eigenvalue weighted by molar-refractivity contribution is 0.178. The van der Waals surface area contributed by atoms with Gasteiger partial charge in [-0.1, -0.05) is 132 Å². The molecule has 0 heteroatoms. The topological polar surface area (TPSA) is 0 Å². The molecule has 0 aliphatic heterocycles. The highest BCUT2D eigenvalue weighted by Crippen LogP contribution is 2.51. The highest BCUT2D eigenvalue weighted by Gasteiger charge is 2.47. The second-order valence-corrected chi connectivity index (χ2v) is 13.5. The van der Waals surface area contributed by atoms with Gasteiger partial charge in [0.2, 0.25) is 0 Å². The Morgan fingerprint density at radius 1 is 0.438 bits per heavy atom. The Morgan fingerprint density at radius 2 is 0.656 bits per heavy atom. The van der Waals surface area contributed by atoms with E-state index in [-0.39, 0.29) is 21.7 Å². The monoisotopic (exact) mass is 434 g/mol. The Kier molecular flexibility index (Phi) is 7.81. The van der Waals surface area contributed by atoms with Crippen LogP contribution in [0.15, 0.2) is 48.5 Å². The van der Waals surface area contributed by atoms with Crippen LogP contribution in [0.3, 0.4) is 0 Å². The van der Waals surface area contributed by atoms with Crippen molar-refractivity contribution in [3.63, 3.8) is 0 Å². The van der Waals surface area contributed by atoms with E-state index in [9.17, 15) is 0 Å². The maximum absolute atomic E-state index is 2.53. The summed E-state index contributed by atoms with van der Waals surface area (Å²) < 4.78 is 0. The molecule has 0 radical (unpaired) electrons. The molecule has 0 aliphatic rings. The van der Waals surface area contributed by atoms with Crippen LogP contribution in [-0.4, -0.2) is 0 Å². The Hall–Kier alpha value is -1.56. The normalized spacial score (nSPS) is 16.8. The van der Waals surface area contributed by atoms with Gasteiger partial charge in [-0.05, 0) is 57.8 Å². The molecule has 0 saturated heterocycles. The zero-order chi connectivity index (χ0) is 24.5. The fourth-order valence-corrected chi connectivity index (χ4v) is 5.63. The Labute approximate surface area is 200 Å². The summed E-state index contributed by atoms with van der Waals surface area (Å²) in [4.78, 5) is 0. The summed E-state index contributed by atoms with van der Waals surface area (Å²) in [7, 11) is 0. The first-order valence-corrected chi connectivity index (χ1v) is 12.7.